The zero-order valence-electron chi connectivity index (χ0n) is 13.9. The predicted molar refractivity (Wildman–Crippen MR) is 87.1 cm³/mol. The van der Waals surface area contributed by atoms with Crippen LogP contribution in [-0.4, -0.2) is 31.5 Å². The number of benzene rings is 1. The second-order valence-electron chi connectivity index (χ2n) is 5.81. The number of amides is 1. The zero-order chi connectivity index (χ0) is 16.9. The lowest BCUT2D eigenvalue weighted by Gasteiger charge is -2.30. The first-order valence-electron chi connectivity index (χ1n) is 7.43. The van der Waals surface area contributed by atoms with Crippen LogP contribution >= 0.6 is 0 Å². The monoisotopic (exact) mass is 327 g/mol. The van der Waals surface area contributed by atoms with E-state index in [2.05, 4.69) is 0 Å². The van der Waals surface area contributed by atoms with Crippen LogP contribution in [0.4, 0.5) is 0 Å². The van der Waals surface area contributed by atoms with Gasteiger partial charge in [0, 0.05) is 18.5 Å². The van der Waals surface area contributed by atoms with Gasteiger partial charge in [-0.05, 0) is 31.0 Å². The maximum absolute atomic E-state index is 12.3. The van der Waals surface area contributed by atoms with Crippen LogP contribution < -0.4 is 4.18 Å². The van der Waals surface area contributed by atoms with Crippen molar-refractivity contribution >= 4 is 16.0 Å². The lowest BCUT2D eigenvalue weighted by molar-refractivity contribution is -0.137. The van der Waals surface area contributed by atoms with E-state index in [1.54, 1.807) is 24.3 Å². The summed E-state index contributed by atoms with van der Waals surface area (Å²) in [5.74, 6) is 0.337. The molecule has 0 saturated heterocycles. The van der Waals surface area contributed by atoms with Crippen LogP contribution in [0.3, 0.4) is 0 Å². The van der Waals surface area contributed by atoms with Crippen molar-refractivity contribution < 1.29 is 17.4 Å². The van der Waals surface area contributed by atoms with Gasteiger partial charge in [0.1, 0.15) is 5.75 Å². The Bertz CT molecular complexity index is 593. The number of nitrogens with zero attached hydrogens (tertiary/aromatic N) is 1. The average Bonchev–Trinajstić information content (AvgIpc) is 2.43. The number of carbonyl (C=O) groups is 1. The molecule has 0 spiro atoms. The molecule has 0 N–H and O–H groups in total. The summed E-state index contributed by atoms with van der Waals surface area (Å²) in [5.41, 5.74) is 0.940. The Hall–Kier alpha value is -1.56. The number of hydrogen-bond acceptors (Lipinski definition) is 4. The van der Waals surface area contributed by atoms with Crippen molar-refractivity contribution in [2.75, 3.05) is 6.26 Å². The second-order valence-corrected chi connectivity index (χ2v) is 7.38. The largest absolute Gasteiger partial charge is 0.383 e. The first-order valence-corrected chi connectivity index (χ1v) is 9.24. The molecule has 124 valence electrons. The van der Waals surface area contributed by atoms with Crippen molar-refractivity contribution in [2.24, 2.45) is 5.92 Å². The molecular formula is C16H25NO4S. The van der Waals surface area contributed by atoms with E-state index >= 15 is 0 Å². The highest BCUT2D eigenvalue weighted by Gasteiger charge is 2.21. The third kappa shape index (κ3) is 5.67. The Morgan fingerprint density at radius 3 is 2.14 bits per heavy atom. The summed E-state index contributed by atoms with van der Waals surface area (Å²) in [6, 6.07) is 6.92. The smallest absolute Gasteiger partial charge is 0.306 e. The highest BCUT2D eigenvalue weighted by molar-refractivity contribution is 7.86. The highest BCUT2D eigenvalue weighted by Crippen LogP contribution is 2.18. The molecule has 1 rings (SSSR count). The fourth-order valence-electron chi connectivity index (χ4n) is 2.02. The Balaban J connectivity index is 2.88. The molecule has 1 amide bonds. The minimum atomic E-state index is -3.52. The molecule has 0 aliphatic heterocycles. The molecule has 5 nitrogen and oxygen atoms in total. The Morgan fingerprint density at radius 1 is 1.18 bits per heavy atom. The lowest BCUT2D eigenvalue weighted by Crippen LogP contribution is -2.40. The van der Waals surface area contributed by atoms with Crippen LogP contribution in [0.25, 0.3) is 0 Å². The topological polar surface area (TPSA) is 63.7 Å². The fourth-order valence-corrected chi connectivity index (χ4v) is 2.49. The molecule has 22 heavy (non-hydrogen) atoms. The van der Waals surface area contributed by atoms with Gasteiger partial charge in [-0.3, -0.25) is 4.79 Å². The SMILES string of the molecule is CC[C@@H](C)N(Cc1ccc(OS(C)(=O)=O)cc1)C(=O)C(C)C. The molecule has 0 heterocycles. The Labute approximate surface area is 133 Å². The molecule has 0 bridgehead atoms. The summed E-state index contributed by atoms with van der Waals surface area (Å²) in [5, 5.41) is 0. The van der Waals surface area contributed by atoms with Crippen LogP contribution in [0.5, 0.6) is 5.75 Å². The number of rotatable bonds is 7. The summed E-state index contributed by atoms with van der Waals surface area (Å²) in [6.45, 7) is 8.36. The molecule has 0 aromatic heterocycles. The molecule has 0 aliphatic rings. The summed E-state index contributed by atoms with van der Waals surface area (Å²) in [6.07, 6.45) is 1.89. The van der Waals surface area contributed by atoms with E-state index in [1.807, 2.05) is 32.6 Å². The maximum Gasteiger partial charge on any atom is 0.306 e. The summed E-state index contributed by atoms with van der Waals surface area (Å²) >= 11 is 0. The Morgan fingerprint density at radius 2 is 1.73 bits per heavy atom. The van der Waals surface area contributed by atoms with Gasteiger partial charge in [0.05, 0.1) is 6.26 Å². The van der Waals surface area contributed by atoms with Crippen LogP contribution in [0, 0.1) is 5.92 Å². The van der Waals surface area contributed by atoms with Gasteiger partial charge in [-0.1, -0.05) is 32.9 Å². The van der Waals surface area contributed by atoms with Gasteiger partial charge in [0.2, 0.25) is 5.91 Å². The van der Waals surface area contributed by atoms with Crippen molar-refractivity contribution in [3.63, 3.8) is 0 Å². The minimum Gasteiger partial charge on any atom is -0.383 e. The summed E-state index contributed by atoms with van der Waals surface area (Å²) in [4.78, 5) is 14.2. The van der Waals surface area contributed by atoms with Crippen molar-refractivity contribution in [3.8, 4) is 5.75 Å². The van der Waals surface area contributed by atoms with Crippen molar-refractivity contribution in [1.29, 1.82) is 0 Å². The first-order chi connectivity index (χ1) is 10.1. The lowest BCUT2D eigenvalue weighted by atomic mass is 10.1. The van der Waals surface area contributed by atoms with E-state index in [1.165, 1.54) is 0 Å². The van der Waals surface area contributed by atoms with Crippen LogP contribution in [0.15, 0.2) is 24.3 Å². The van der Waals surface area contributed by atoms with Gasteiger partial charge in [0.15, 0.2) is 0 Å². The second kappa shape index (κ2) is 7.63. The quantitative estimate of drug-likeness (QED) is 0.722. The molecule has 1 aromatic rings. The fraction of sp³-hybridized carbons (Fsp3) is 0.562. The third-order valence-corrected chi connectivity index (χ3v) is 3.92. The van der Waals surface area contributed by atoms with Gasteiger partial charge < -0.3 is 9.08 Å². The van der Waals surface area contributed by atoms with Gasteiger partial charge >= 0.3 is 10.1 Å². The molecule has 0 fully saturated rings. The minimum absolute atomic E-state index is 0.0539. The molecule has 0 aliphatic carbocycles. The normalized spacial score (nSPS) is 13.0. The van der Waals surface area contributed by atoms with E-state index in [-0.39, 0.29) is 23.6 Å². The van der Waals surface area contributed by atoms with E-state index < -0.39 is 10.1 Å². The Kier molecular flexibility index (Phi) is 6.41. The highest BCUT2D eigenvalue weighted by atomic mass is 32.2. The molecule has 1 atom stereocenters. The molecule has 0 saturated carbocycles. The predicted octanol–water partition coefficient (Wildman–Crippen LogP) is 2.81. The van der Waals surface area contributed by atoms with Crippen LogP contribution in [0.1, 0.15) is 39.7 Å². The van der Waals surface area contributed by atoms with Crippen LogP contribution in [0.2, 0.25) is 0 Å². The van der Waals surface area contributed by atoms with Gasteiger partial charge in [0.25, 0.3) is 0 Å². The number of hydrogen-bond donors (Lipinski definition) is 0. The molecule has 0 radical (unpaired) electrons. The molecule has 0 unspecified atom stereocenters. The van der Waals surface area contributed by atoms with Gasteiger partial charge in [-0.15, -0.1) is 0 Å². The van der Waals surface area contributed by atoms with Gasteiger partial charge in [-0.25, -0.2) is 0 Å². The third-order valence-electron chi connectivity index (χ3n) is 3.42. The summed E-state index contributed by atoms with van der Waals surface area (Å²) < 4.78 is 27.0. The molecule has 6 heteroatoms. The zero-order valence-corrected chi connectivity index (χ0v) is 14.7. The van der Waals surface area contributed by atoms with Crippen molar-refractivity contribution in [3.05, 3.63) is 29.8 Å². The number of carbonyl (C=O) groups excluding carboxylic acids is 1. The molecular weight excluding hydrogens is 302 g/mol. The maximum atomic E-state index is 12.3. The van der Waals surface area contributed by atoms with Crippen LogP contribution in [-0.2, 0) is 21.5 Å². The summed E-state index contributed by atoms with van der Waals surface area (Å²) in [7, 11) is -3.52. The standard InChI is InChI=1S/C16H25NO4S/c1-6-13(4)17(16(18)12(2)3)11-14-7-9-15(10-8-14)21-22(5,19)20/h7-10,12-13H,6,11H2,1-5H3/t13-/m1/s1. The first kappa shape index (κ1) is 18.5. The van der Waals surface area contributed by atoms with E-state index in [9.17, 15) is 13.2 Å². The van der Waals surface area contributed by atoms with Crippen molar-refractivity contribution in [1.82, 2.24) is 4.90 Å². The average molecular weight is 327 g/mol. The van der Waals surface area contributed by atoms with Crippen molar-refractivity contribution in [2.45, 2.75) is 46.7 Å². The van der Waals surface area contributed by atoms with E-state index in [0.717, 1.165) is 18.2 Å². The van der Waals surface area contributed by atoms with Gasteiger partial charge in [-0.2, -0.15) is 8.42 Å². The van der Waals surface area contributed by atoms with E-state index in [0.29, 0.717) is 6.54 Å². The molecule has 1 aromatic carbocycles. The van der Waals surface area contributed by atoms with E-state index in [4.69, 9.17) is 4.18 Å².